The highest BCUT2D eigenvalue weighted by Crippen LogP contribution is 2.23. The van der Waals surface area contributed by atoms with Crippen LogP contribution in [0, 0.1) is 20.8 Å². The van der Waals surface area contributed by atoms with Gasteiger partial charge in [-0.25, -0.2) is 13.1 Å². The molecule has 1 unspecified atom stereocenters. The minimum absolute atomic E-state index is 0.145. The van der Waals surface area contributed by atoms with Gasteiger partial charge in [0.15, 0.2) is 0 Å². The molecule has 19 heavy (non-hydrogen) atoms. The van der Waals surface area contributed by atoms with Gasteiger partial charge in [-0.3, -0.25) is 5.10 Å². The molecular weight excluding hydrogens is 268 g/mol. The summed E-state index contributed by atoms with van der Waals surface area (Å²) in [5.41, 5.74) is 1.93. The lowest BCUT2D eigenvalue weighted by Crippen LogP contribution is -2.27. The molecule has 2 heterocycles. The van der Waals surface area contributed by atoms with Gasteiger partial charge in [-0.2, -0.15) is 5.10 Å². The van der Waals surface area contributed by atoms with E-state index in [9.17, 15) is 8.42 Å². The predicted molar refractivity (Wildman–Crippen MR) is 68.0 cm³/mol. The SMILES string of the molecule is Cc1noc(C)c1C(C)NS(=O)(=O)c1cn[nH]c1C. The molecule has 0 aliphatic carbocycles. The molecule has 0 saturated carbocycles. The van der Waals surface area contributed by atoms with Crippen LogP contribution in [0.4, 0.5) is 0 Å². The van der Waals surface area contributed by atoms with Crippen LogP contribution in [0.3, 0.4) is 0 Å². The highest BCUT2D eigenvalue weighted by Gasteiger charge is 2.25. The van der Waals surface area contributed by atoms with E-state index in [1.807, 2.05) is 0 Å². The van der Waals surface area contributed by atoms with Crippen molar-refractivity contribution in [2.45, 2.75) is 38.6 Å². The van der Waals surface area contributed by atoms with Crippen molar-refractivity contribution in [2.75, 3.05) is 0 Å². The molecule has 0 spiro atoms. The molecule has 2 N–H and O–H groups in total. The third-order valence-electron chi connectivity index (χ3n) is 2.93. The molecule has 0 fully saturated rings. The first-order valence-electron chi connectivity index (χ1n) is 5.78. The molecule has 8 heteroatoms. The predicted octanol–water partition coefficient (Wildman–Crippen LogP) is 1.36. The first-order chi connectivity index (χ1) is 8.83. The Kier molecular flexibility index (Phi) is 3.46. The lowest BCUT2D eigenvalue weighted by atomic mass is 10.1. The van der Waals surface area contributed by atoms with Gasteiger partial charge in [0.25, 0.3) is 0 Å². The molecule has 104 valence electrons. The van der Waals surface area contributed by atoms with Gasteiger partial charge in [-0.15, -0.1) is 0 Å². The van der Waals surface area contributed by atoms with Crippen molar-refractivity contribution in [1.82, 2.24) is 20.1 Å². The third kappa shape index (κ3) is 2.54. The van der Waals surface area contributed by atoms with Crippen molar-refractivity contribution in [1.29, 1.82) is 0 Å². The monoisotopic (exact) mass is 284 g/mol. The second kappa shape index (κ2) is 4.78. The van der Waals surface area contributed by atoms with E-state index in [-0.39, 0.29) is 4.90 Å². The summed E-state index contributed by atoms with van der Waals surface area (Å²) >= 11 is 0. The van der Waals surface area contributed by atoms with Gasteiger partial charge in [0.2, 0.25) is 10.0 Å². The number of sulfonamides is 1. The van der Waals surface area contributed by atoms with Crippen LogP contribution in [0.2, 0.25) is 0 Å². The molecule has 0 aliphatic rings. The van der Waals surface area contributed by atoms with Crippen LogP contribution in [-0.2, 0) is 10.0 Å². The van der Waals surface area contributed by atoms with Gasteiger partial charge in [0.1, 0.15) is 10.7 Å². The molecule has 7 nitrogen and oxygen atoms in total. The highest BCUT2D eigenvalue weighted by atomic mass is 32.2. The third-order valence-corrected chi connectivity index (χ3v) is 4.58. The second-order valence-electron chi connectivity index (χ2n) is 4.44. The maximum absolute atomic E-state index is 12.2. The summed E-state index contributed by atoms with van der Waals surface area (Å²) in [6, 6.07) is -0.425. The lowest BCUT2D eigenvalue weighted by molar-refractivity contribution is 0.391. The summed E-state index contributed by atoms with van der Waals surface area (Å²) in [5, 5.41) is 10.1. The Morgan fingerprint density at radius 1 is 1.37 bits per heavy atom. The van der Waals surface area contributed by atoms with E-state index < -0.39 is 16.1 Å². The van der Waals surface area contributed by atoms with Crippen LogP contribution in [0.15, 0.2) is 15.6 Å². The van der Waals surface area contributed by atoms with E-state index >= 15 is 0 Å². The number of nitrogens with one attached hydrogen (secondary N) is 2. The van der Waals surface area contributed by atoms with E-state index in [2.05, 4.69) is 20.1 Å². The first-order valence-corrected chi connectivity index (χ1v) is 7.26. The number of hydrogen-bond acceptors (Lipinski definition) is 5. The fraction of sp³-hybridized carbons (Fsp3) is 0.455. The Balaban J connectivity index is 2.29. The van der Waals surface area contributed by atoms with Crippen molar-refractivity contribution < 1.29 is 12.9 Å². The highest BCUT2D eigenvalue weighted by molar-refractivity contribution is 7.89. The molecule has 2 rings (SSSR count). The maximum atomic E-state index is 12.2. The number of hydrogen-bond donors (Lipinski definition) is 2. The maximum Gasteiger partial charge on any atom is 0.244 e. The van der Waals surface area contributed by atoms with Gasteiger partial charge in [-0.05, 0) is 27.7 Å². The van der Waals surface area contributed by atoms with Gasteiger partial charge in [-0.1, -0.05) is 5.16 Å². The van der Waals surface area contributed by atoms with Crippen LogP contribution in [0.5, 0.6) is 0 Å². The molecule has 0 radical (unpaired) electrons. The average Bonchev–Trinajstić information content (AvgIpc) is 2.85. The molecule has 0 saturated heterocycles. The number of nitrogens with zero attached hydrogens (tertiary/aromatic N) is 2. The Morgan fingerprint density at radius 3 is 2.53 bits per heavy atom. The van der Waals surface area contributed by atoms with Crippen molar-refractivity contribution >= 4 is 10.0 Å². The summed E-state index contributed by atoms with van der Waals surface area (Å²) in [7, 11) is -3.62. The summed E-state index contributed by atoms with van der Waals surface area (Å²) in [4.78, 5) is 0.145. The van der Waals surface area contributed by atoms with E-state index in [4.69, 9.17) is 4.52 Å². The van der Waals surface area contributed by atoms with Crippen LogP contribution in [-0.4, -0.2) is 23.8 Å². The Bertz CT molecular complexity index is 667. The zero-order chi connectivity index (χ0) is 14.2. The summed E-state index contributed by atoms with van der Waals surface area (Å²) < 4.78 is 32.1. The van der Waals surface area contributed by atoms with Gasteiger partial charge >= 0.3 is 0 Å². The van der Waals surface area contributed by atoms with Crippen molar-refractivity contribution in [3.63, 3.8) is 0 Å². The largest absolute Gasteiger partial charge is 0.361 e. The zero-order valence-corrected chi connectivity index (χ0v) is 12.0. The Hall–Kier alpha value is -1.67. The normalized spacial score (nSPS) is 13.7. The first kappa shape index (κ1) is 13.8. The number of H-pyrrole nitrogens is 1. The van der Waals surface area contributed by atoms with Gasteiger partial charge in [0, 0.05) is 11.6 Å². The van der Waals surface area contributed by atoms with Crippen LogP contribution in [0.1, 0.15) is 35.7 Å². The molecule has 0 bridgehead atoms. The Morgan fingerprint density at radius 2 is 2.05 bits per heavy atom. The van der Waals surface area contributed by atoms with E-state index in [0.29, 0.717) is 17.1 Å². The van der Waals surface area contributed by atoms with E-state index in [0.717, 1.165) is 5.56 Å². The summed E-state index contributed by atoms with van der Waals surface area (Å²) in [5.74, 6) is 0.608. The number of rotatable bonds is 4. The lowest BCUT2D eigenvalue weighted by Gasteiger charge is -2.13. The molecule has 2 aromatic heterocycles. The molecule has 0 aromatic carbocycles. The molecular formula is C11H16N4O3S. The molecule has 2 aromatic rings. The summed E-state index contributed by atoms with van der Waals surface area (Å²) in [6.07, 6.45) is 1.29. The number of aromatic nitrogens is 3. The van der Waals surface area contributed by atoms with Crippen molar-refractivity contribution in [3.8, 4) is 0 Å². The molecule has 0 aliphatic heterocycles. The van der Waals surface area contributed by atoms with E-state index in [1.54, 1.807) is 27.7 Å². The zero-order valence-electron chi connectivity index (χ0n) is 11.2. The standard InChI is InChI=1S/C11H16N4O3S/c1-6-10(5-12-13-6)19(16,17)15-8(3)11-7(2)14-18-9(11)4/h5,8,15H,1-4H3,(H,12,13). The number of aromatic amines is 1. The topological polar surface area (TPSA) is 101 Å². The average molecular weight is 284 g/mol. The minimum atomic E-state index is -3.62. The minimum Gasteiger partial charge on any atom is -0.361 e. The molecule has 1 atom stereocenters. The molecule has 0 amide bonds. The van der Waals surface area contributed by atoms with Crippen LogP contribution >= 0.6 is 0 Å². The van der Waals surface area contributed by atoms with Crippen molar-refractivity contribution in [2.24, 2.45) is 0 Å². The summed E-state index contributed by atoms with van der Waals surface area (Å²) in [6.45, 7) is 6.94. The fourth-order valence-corrected chi connectivity index (χ4v) is 3.42. The van der Waals surface area contributed by atoms with Crippen molar-refractivity contribution in [3.05, 3.63) is 28.9 Å². The fourth-order valence-electron chi connectivity index (χ4n) is 2.07. The van der Waals surface area contributed by atoms with Crippen LogP contribution in [0.25, 0.3) is 0 Å². The number of aryl methyl sites for hydroxylation is 3. The van der Waals surface area contributed by atoms with Gasteiger partial charge in [0.05, 0.1) is 17.6 Å². The quantitative estimate of drug-likeness (QED) is 0.882. The van der Waals surface area contributed by atoms with Crippen LogP contribution < -0.4 is 4.72 Å². The van der Waals surface area contributed by atoms with Gasteiger partial charge < -0.3 is 4.52 Å². The second-order valence-corrected chi connectivity index (χ2v) is 6.12. The van der Waals surface area contributed by atoms with E-state index in [1.165, 1.54) is 6.20 Å². The smallest absolute Gasteiger partial charge is 0.244 e. The Labute approximate surface area is 111 Å².